The molecule has 0 radical (unpaired) electrons. The summed E-state index contributed by atoms with van der Waals surface area (Å²) in [4.78, 5) is 2.28. The van der Waals surface area contributed by atoms with Crippen LogP contribution in [0.15, 0.2) is 24.3 Å². The molecule has 0 amide bonds. The Kier molecular flexibility index (Phi) is 1.87. The van der Waals surface area contributed by atoms with E-state index in [0.29, 0.717) is 0 Å². The summed E-state index contributed by atoms with van der Waals surface area (Å²) in [5, 5.41) is 14.0. The van der Waals surface area contributed by atoms with Crippen molar-refractivity contribution in [1.82, 2.24) is 20.6 Å². The number of hydrogen-bond acceptors (Lipinski definition) is 4. The Hall–Kier alpha value is -1.91. The zero-order valence-corrected chi connectivity index (χ0v) is 8.22. The molecule has 0 spiro atoms. The molecule has 15 heavy (non-hydrogen) atoms. The fraction of sp³-hybridized carbons (Fsp3) is 0.300. The Morgan fingerprint density at radius 2 is 2.27 bits per heavy atom. The Balaban J connectivity index is 1.85. The molecule has 2 heterocycles. The number of tetrazole rings is 1. The molecule has 5 heteroatoms. The fourth-order valence-corrected chi connectivity index (χ4v) is 1.99. The number of aromatic amines is 1. The minimum Gasteiger partial charge on any atom is -0.363 e. The van der Waals surface area contributed by atoms with Gasteiger partial charge in [0.15, 0.2) is 5.82 Å². The fourth-order valence-electron chi connectivity index (χ4n) is 1.99. The van der Waals surface area contributed by atoms with Crippen LogP contribution in [0.25, 0.3) is 0 Å². The number of fused-ring (bicyclic) bond motifs is 1. The summed E-state index contributed by atoms with van der Waals surface area (Å²) in [6, 6.07) is 8.46. The number of benzene rings is 1. The first-order valence-electron chi connectivity index (χ1n) is 4.98. The van der Waals surface area contributed by atoms with Crippen LogP contribution in [-0.2, 0) is 13.0 Å². The minimum absolute atomic E-state index is 0.730. The molecule has 0 aliphatic carbocycles. The van der Waals surface area contributed by atoms with E-state index in [1.807, 2.05) is 0 Å². The van der Waals surface area contributed by atoms with Gasteiger partial charge in [0.25, 0.3) is 0 Å². The van der Waals surface area contributed by atoms with Crippen molar-refractivity contribution in [3.63, 3.8) is 0 Å². The van der Waals surface area contributed by atoms with Gasteiger partial charge in [-0.15, -0.1) is 10.2 Å². The lowest BCUT2D eigenvalue weighted by atomic mass is 10.2. The highest BCUT2D eigenvalue weighted by atomic mass is 15.5. The standard InChI is InChI=1S/C10H11N5/c1-2-4-9-8(3-1)5-6-15(9)7-10-11-13-14-12-10/h1-4H,5-7H2,(H,11,12,13,14). The molecule has 76 valence electrons. The van der Waals surface area contributed by atoms with Gasteiger partial charge in [-0.25, -0.2) is 0 Å². The Morgan fingerprint density at radius 1 is 1.33 bits per heavy atom. The van der Waals surface area contributed by atoms with E-state index in [4.69, 9.17) is 0 Å². The average molecular weight is 201 g/mol. The van der Waals surface area contributed by atoms with Gasteiger partial charge in [0, 0.05) is 12.2 Å². The maximum absolute atomic E-state index is 3.96. The van der Waals surface area contributed by atoms with Crippen molar-refractivity contribution in [3.05, 3.63) is 35.7 Å². The monoisotopic (exact) mass is 201 g/mol. The molecular formula is C10H11N5. The van der Waals surface area contributed by atoms with Gasteiger partial charge in [0.1, 0.15) is 0 Å². The average Bonchev–Trinajstić information content (AvgIpc) is 2.89. The first-order chi connectivity index (χ1) is 7.43. The van der Waals surface area contributed by atoms with E-state index in [1.54, 1.807) is 0 Å². The summed E-state index contributed by atoms with van der Waals surface area (Å²) in [7, 11) is 0. The summed E-state index contributed by atoms with van der Waals surface area (Å²) in [5.41, 5.74) is 2.70. The van der Waals surface area contributed by atoms with Gasteiger partial charge in [-0.05, 0) is 18.1 Å². The Bertz CT molecular complexity index is 451. The Morgan fingerprint density at radius 3 is 3.13 bits per heavy atom. The van der Waals surface area contributed by atoms with Gasteiger partial charge < -0.3 is 4.90 Å². The third-order valence-electron chi connectivity index (χ3n) is 2.70. The summed E-state index contributed by atoms with van der Waals surface area (Å²) >= 11 is 0. The number of H-pyrrole nitrogens is 1. The molecule has 0 saturated heterocycles. The largest absolute Gasteiger partial charge is 0.363 e. The number of rotatable bonds is 2. The molecule has 3 rings (SSSR count). The first kappa shape index (κ1) is 8.40. The summed E-state index contributed by atoms with van der Waals surface area (Å²) in [6.07, 6.45) is 1.11. The lowest BCUT2D eigenvalue weighted by Gasteiger charge is -2.16. The van der Waals surface area contributed by atoms with Crippen molar-refractivity contribution < 1.29 is 0 Å². The zero-order valence-electron chi connectivity index (χ0n) is 8.22. The smallest absolute Gasteiger partial charge is 0.193 e. The van der Waals surface area contributed by atoms with E-state index < -0.39 is 0 Å². The highest BCUT2D eigenvalue weighted by Crippen LogP contribution is 2.27. The van der Waals surface area contributed by atoms with E-state index in [-0.39, 0.29) is 0 Å². The van der Waals surface area contributed by atoms with Crippen molar-refractivity contribution in [2.75, 3.05) is 11.4 Å². The molecule has 0 bridgehead atoms. The van der Waals surface area contributed by atoms with Gasteiger partial charge in [-0.3, -0.25) is 0 Å². The number of hydrogen-bond donors (Lipinski definition) is 1. The second-order valence-electron chi connectivity index (χ2n) is 3.63. The van der Waals surface area contributed by atoms with Crippen LogP contribution < -0.4 is 4.90 Å². The molecule has 1 aromatic carbocycles. The van der Waals surface area contributed by atoms with Crippen LogP contribution in [0, 0.1) is 0 Å². The second-order valence-corrected chi connectivity index (χ2v) is 3.63. The summed E-state index contributed by atoms with van der Waals surface area (Å²) in [5.74, 6) is 0.742. The molecule has 0 unspecified atom stereocenters. The van der Waals surface area contributed by atoms with Crippen molar-refractivity contribution >= 4 is 5.69 Å². The number of aromatic nitrogens is 4. The Labute approximate surface area is 87.1 Å². The SMILES string of the molecule is c1ccc2c(c1)CCN2Cc1nn[nH]n1. The number of nitrogens with one attached hydrogen (secondary N) is 1. The number of nitrogens with zero attached hydrogens (tertiary/aromatic N) is 4. The molecule has 0 saturated carbocycles. The lowest BCUT2D eigenvalue weighted by molar-refractivity contribution is 0.788. The zero-order chi connectivity index (χ0) is 10.1. The lowest BCUT2D eigenvalue weighted by Crippen LogP contribution is -2.20. The van der Waals surface area contributed by atoms with Crippen molar-refractivity contribution in [2.45, 2.75) is 13.0 Å². The topological polar surface area (TPSA) is 57.7 Å². The van der Waals surface area contributed by atoms with E-state index in [1.165, 1.54) is 11.3 Å². The van der Waals surface area contributed by atoms with Crippen LogP contribution in [0.1, 0.15) is 11.4 Å². The predicted octanol–water partition coefficient (Wildman–Crippen LogP) is 0.762. The van der Waals surface area contributed by atoms with Gasteiger partial charge in [-0.1, -0.05) is 23.4 Å². The summed E-state index contributed by atoms with van der Waals surface area (Å²) < 4.78 is 0. The van der Waals surface area contributed by atoms with Crippen LogP contribution in [0.3, 0.4) is 0 Å². The quantitative estimate of drug-likeness (QED) is 0.779. The number of anilines is 1. The third-order valence-corrected chi connectivity index (χ3v) is 2.70. The van der Waals surface area contributed by atoms with Crippen molar-refractivity contribution in [3.8, 4) is 0 Å². The summed E-state index contributed by atoms with van der Waals surface area (Å²) in [6.45, 7) is 1.77. The third kappa shape index (κ3) is 1.45. The van der Waals surface area contributed by atoms with E-state index in [9.17, 15) is 0 Å². The van der Waals surface area contributed by atoms with Crippen LogP contribution in [-0.4, -0.2) is 27.2 Å². The highest BCUT2D eigenvalue weighted by Gasteiger charge is 2.19. The van der Waals surface area contributed by atoms with Crippen molar-refractivity contribution in [2.24, 2.45) is 0 Å². The van der Waals surface area contributed by atoms with Crippen LogP contribution in [0.4, 0.5) is 5.69 Å². The van der Waals surface area contributed by atoms with Gasteiger partial charge in [0.2, 0.25) is 0 Å². The number of para-hydroxylation sites is 1. The van der Waals surface area contributed by atoms with Gasteiger partial charge in [-0.2, -0.15) is 5.21 Å². The first-order valence-corrected chi connectivity index (χ1v) is 4.98. The predicted molar refractivity (Wildman–Crippen MR) is 55.4 cm³/mol. The normalized spacial score (nSPS) is 14.3. The molecule has 1 aliphatic rings. The molecule has 0 fully saturated rings. The maximum atomic E-state index is 3.96. The van der Waals surface area contributed by atoms with E-state index in [0.717, 1.165) is 25.3 Å². The van der Waals surface area contributed by atoms with Crippen LogP contribution >= 0.6 is 0 Å². The van der Waals surface area contributed by atoms with Gasteiger partial charge in [0.05, 0.1) is 6.54 Å². The molecule has 1 aliphatic heterocycles. The van der Waals surface area contributed by atoms with Crippen LogP contribution in [0.5, 0.6) is 0 Å². The highest BCUT2D eigenvalue weighted by molar-refractivity contribution is 5.57. The minimum atomic E-state index is 0.730. The second kappa shape index (κ2) is 3.34. The van der Waals surface area contributed by atoms with Crippen molar-refractivity contribution in [1.29, 1.82) is 0 Å². The van der Waals surface area contributed by atoms with E-state index >= 15 is 0 Å². The molecule has 5 nitrogen and oxygen atoms in total. The maximum Gasteiger partial charge on any atom is 0.193 e. The molecule has 1 N–H and O–H groups in total. The molecular weight excluding hydrogens is 190 g/mol. The van der Waals surface area contributed by atoms with Crippen LogP contribution in [0.2, 0.25) is 0 Å². The van der Waals surface area contributed by atoms with E-state index in [2.05, 4.69) is 49.8 Å². The molecule has 0 atom stereocenters. The molecule has 1 aromatic heterocycles. The molecule has 2 aromatic rings. The van der Waals surface area contributed by atoms with Gasteiger partial charge >= 0.3 is 0 Å².